The maximum Gasteiger partial charge on any atom is 0.191 e. The zero-order chi connectivity index (χ0) is 17.7. The summed E-state index contributed by atoms with van der Waals surface area (Å²) in [7, 11) is 1.85. The van der Waals surface area contributed by atoms with E-state index in [1.165, 1.54) is 44.9 Å². The van der Waals surface area contributed by atoms with Crippen LogP contribution in [-0.2, 0) is 19.5 Å². The number of nitrogens with zero attached hydrogens (tertiary/aromatic N) is 4. The summed E-state index contributed by atoms with van der Waals surface area (Å²) in [6, 6.07) is 0. The van der Waals surface area contributed by atoms with E-state index in [1.54, 1.807) is 0 Å². The lowest BCUT2D eigenvalue weighted by atomic mass is 9.78. The number of aromatic nitrogens is 3. The highest BCUT2D eigenvalue weighted by Gasteiger charge is 2.34. The average Bonchev–Trinajstić information content (AvgIpc) is 3.22. The van der Waals surface area contributed by atoms with Crippen LogP contribution >= 0.6 is 24.0 Å². The first-order valence-electron chi connectivity index (χ1n) is 9.97. The van der Waals surface area contributed by atoms with Crippen LogP contribution in [0.5, 0.6) is 0 Å². The zero-order valence-electron chi connectivity index (χ0n) is 16.6. The molecular formula is C19H35IN6. The van der Waals surface area contributed by atoms with Gasteiger partial charge >= 0.3 is 0 Å². The molecule has 0 amide bonds. The minimum Gasteiger partial charge on any atom is -0.356 e. The first-order valence-corrected chi connectivity index (χ1v) is 9.97. The topological polar surface area (TPSA) is 67.1 Å². The third kappa shape index (κ3) is 5.33. The highest BCUT2D eigenvalue weighted by Crippen LogP contribution is 2.42. The minimum absolute atomic E-state index is 0. The van der Waals surface area contributed by atoms with Gasteiger partial charge in [-0.3, -0.25) is 4.99 Å². The fourth-order valence-corrected chi connectivity index (χ4v) is 4.60. The van der Waals surface area contributed by atoms with E-state index in [4.69, 9.17) is 0 Å². The first-order chi connectivity index (χ1) is 12.1. The normalized spacial score (nSPS) is 19.2. The fraction of sp³-hybridized carbons (Fsp3) is 0.842. The average molecular weight is 474 g/mol. The lowest BCUT2D eigenvalue weighted by Gasteiger charge is -2.31. The van der Waals surface area contributed by atoms with Gasteiger partial charge in [-0.15, -0.1) is 34.2 Å². The first kappa shape index (κ1) is 21.4. The Bertz CT molecular complexity index is 589. The van der Waals surface area contributed by atoms with Crippen LogP contribution in [0, 0.1) is 11.3 Å². The van der Waals surface area contributed by atoms with Gasteiger partial charge in [-0.2, -0.15) is 0 Å². The van der Waals surface area contributed by atoms with Gasteiger partial charge in [0.05, 0.1) is 6.54 Å². The van der Waals surface area contributed by atoms with Crippen molar-refractivity contribution in [3.8, 4) is 0 Å². The molecule has 0 spiro atoms. The molecule has 0 saturated heterocycles. The van der Waals surface area contributed by atoms with Crippen molar-refractivity contribution in [1.82, 2.24) is 25.4 Å². The molecule has 1 aromatic heterocycles. The van der Waals surface area contributed by atoms with E-state index in [9.17, 15) is 0 Å². The maximum absolute atomic E-state index is 4.41. The van der Waals surface area contributed by atoms with Crippen LogP contribution in [0.15, 0.2) is 4.99 Å². The molecule has 0 atom stereocenters. The van der Waals surface area contributed by atoms with Crippen molar-refractivity contribution >= 4 is 29.9 Å². The molecule has 1 aliphatic carbocycles. The second-order valence-corrected chi connectivity index (χ2v) is 8.23. The Morgan fingerprint density at radius 3 is 2.62 bits per heavy atom. The summed E-state index contributed by atoms with van der Waals surface area (Å²) in [6.07, 6.45) is 10.2. The Kier molecular flexibility index (Phi) is 8.16. The largest absolute Gasteiger partial charge is 0.356 e. The van der Waals surface area contributed by atoms with Crippen molar-refractivity contribution in [3.05, 3.63) is 11.6 Å². The summed E-state index contributed by atoms with van der Waals surface area (Å²) in [5.41, 5.74) is 0.444. The summed E-state index contributed by atoms with van der Waals surface area (Å²) in [6.45, 7) is 7.42. The number of nitrogens with one attached hydrogen (secondary N) is 2. The van der Waals surface area contributed by atoms with Crippen LogP contribution in [0.25, 0.3) is 0 Å². The second kappa shape index (κ2) is 9.90. The summed E-state index contributed by atoms with van der Waals surface area (Å²) in [5, 5.41) is 15.7. The number of guanidine groups is 1. The molecule has 6 nitrogen and oxygen atoms in total. The van der Waals surface area contributed by atoms with Gasteiger partial charge in [0.2, 0.25) is 0 Å². The van der Waals surface area contributed by atoms with Gasteiger partial charge in [0.1, 0.15) is 5.82 Å². The monoisotopic (exact) mass is 474 g/mol. The summed E-state index contributed by atoms with van der Waals surface area (Å²) in [5.74, 6) is 3.78. The summed E-state index contributed by atoms with van der Waals surface area (Å²) >= 11 is 0. The molecule has 1 aliphatic heterocycles. The molecule has 3 rings (SSSR count). The van der Waals surface area contributed by atoms with E-state index < -0.39 is 0 Å². The molecule has 26 heavy (non-hydrogen) atoms. The zero-order valence-corrected chi connectivity index (χ0v) is 18.9. The van der Waals surface area contributed by atoms with Crippen LogP contribution in [0.3, 0.4) is 0 Å². The van der Waals surface area contributed by atoms with E-state index in [0.717, 1.165) is 43.0 Å². The molecule has 0 bridgehead atoms. The van der Waals surface area contributed by atoms with Crippen molar-refractivity contribution in [2.24, 2.45) is 16.3 Å². The molecule has 0 radical (unpaired) electrons. The lowest BCUT2D eigenvalue weighted by molar-refractivity contribution is 0.234. The molecule has 0 unspecified atom stereocenters. The van der Waals surface area contributed by atoms with Crippen molar-refractivity contribution in [2.45, 2.75) is 78.3 Å². The third-order valence-electron chi connectivity index (χ3n) is 5.71. The quantitative estimate of drug-likeness (QED) is 0.376. The molecule has 0 aromatic carbocycles. The SMILES string of the molecule is CN=C(NCc1nnc2n1CCCC2)NCC1(CC(C)C)CCCC1.I. The van der Waals surface area contributed by atoms with E-state index in [2.05, 4.69) is 44.2 Å². The number of hydrogen-bond donors (Lipinski definition) is 2. The van der Waals surface area contributed by atoms with Gasteiger partial charge in [0.25, 0.3) is 0 Å². The predicted octanol–water partition coefficient (Wildman–Crippen LogP) is 3.50. The van der Waals surface area contributed by atoms with E-state index >= 15 is 0 Å². The molecule has 7 heteroatoms. The van der Waals surface area contributed by atoms with Gasteiger partial charge in [0, 0.05) is 26.6 Å². The Morgan fingerprint density at radius 2 is 1.92 bits per heavy atom. The molecule has 1 fully saturated rings. The van der Waals surface area contributed by atoms with Crippen LogP contribution in [0.2, 0.25) is 0 Å². The van der Waals surface area contributed by atoms with Crippen molar-refractivity contribution < 1.29 is 0 Å². The lowest BCUT2D eigenvalue weighted by Crippen LogP contribution is -2.43. The van der Waals surface area contributed by atoms with Gasteiger partial charge in [-0.25, -0.2) is 0 Å². The smallest absolute Gasteiger partial charge is 0.191 e. The van der Waals surface area contributed by atoms with Crippen molar-refractivity contribution in [3.63, 3.8) is 0 Å². The standard InChI is InChI=1S/C19H34N6.HI/c1-15(2)12-19(9-5-6-10-19)14-22-18(20-3)21-13-17-24-23-16-8-4-7-11-25(16)17;/h15H,4-14H2,1-3H3,(H2,20,21,22);1H. The van der Waals surface area contributed by atoms with Gasteiger partial charge in [-0.05, 0) is 43.4 Å². The fourth-order valence-electron chi connectivity index (χ4n) is 4.60. The van der Waals surface area contributed by atoms with Gasteiger partial charge < -0.3 is 15.2 Å². The van der Waals surface area contributed by atoms with Gasteiger partial charge in [-0.1, -0.05) is 26.7 Å². The van der Waals surface area contributed by atoms with Crippen molar-refractivity contribution in [2.75, 3.05) is 13.6 Å². The molecule has 2 heterocycles. The minimum atomic E-state index is 0. The third-order valence-corrected chi connectivity index (χ3v) is 5.71. The number of halogens is 1. The van der Waals surface area contributed by atoms with Crippen LogP contribution in [0.4, 0.5) is 0 Å². The molecular weight excluding hydrogens is 439 g/mol. The molecule has 148 valence electrons. The van der Waals surface area contributed by atoms with Crippen LogP contribution < -0.4 is 10.6 Å². The second-order valence-electron chi connectivity index (χ2n) is 8.23. The Labute approximate surface area is 175 Å². The maximum atomic E-state index is 4.41. The molecule has 1 aromatic rings. The van der Waals surface area contributed by atoms with Crippen molar-refractivity contribution in [1.29, 1.82) is 0 Å². The van der Waals surface area contributed by atoms with E-state index in [0.29, 0.717) is 12.0 Å². The predicted molar refractivity (Wildman–Crippen MR) is 117 cm³/mol. The summed E-state index contributed by atoms with van der Waals surface area (Å²) < 4.78 is 2.26. The van der Waals surface area contributed by atoms with E-state index in [1.807, 2.05) is 7.05 Å². The highest BCUT2D eigenvalue weighted by molar-refractivity contribution is 14.0. The molecule has 1 saturated carbocycles. The molecule has 2 aliphatic rings. The number of hydrogen-bond acceptors (Lipinski definition) is 3. The Hall–Kier alpha value is -0.860. The number of aryl methyl sites for hydroxylation is 1. The highest BCUT2D eigenvalue weighted by atomic mass is 127. The van der Waals surface area contributed by atoms with Crippen LogP contribution in [-0.4, -0.2) is 34.3 Å². The van der Waals surface area contributed by atoms with Gasteiger partial charge in [0.15, 0.2) is 11.8 Å². The van der Waals surface area contributed by atoms with E-state index in [-0.39, 0.29) is 24.0 Å². The molecule has 2 N–H and O–H groups in total. The Balaban J connectivity index is 0.00000243. The van der Waals surface area contributed by atoms with Crippen LogP contribution in [0.1, 0.15) is 70.4 Å². The summed E-state index contributed by atoms with van der Waals surface area (Å²) in [4.78, 5) is 4.41. The Morgan fingerprint density at radius 1 is 1.15 bits per heavy atom. The number of rotatable bonds is 6. The number of aliphatic imine (C=N–C) groups is 1. The number of fused-ring (bicyclic) bond motifs is 1.